The summed E-state index contributed by atoms with van der Waals surface area (Å²) >= 11 is 0. The van der Waals surface area contributed by atoms with Crippen molar-refractivity contribution in [1.82, 2.24) is 0 Å². The Kier molecular flexibility index (Phi) is 6.11. The van der Waals surface area contributed by atoms with Crippen LogP contribution in [0.4, 0.5) is 5.69 Å². The Morgan fingerprint density at radius 3 is 2.48 bits per heavy atom. The molecule has 0 spiro atoms. The Balaban J connectivity index is 1.55. The maximum Gasteiger partial charge on any atom is 0.344 e. The lowest BCUT2D eigenvalue weighted by Gasteiger charge is -2.26. The van der Waals surface area contributed by atoms with Crippen molar-refractivity contribution >= 4 is 17.6 Å². The Morgan fingerprint density at radius 2 is 1.79 bits per heavy atom. The quantitative estimate of drug-likeness (QED) is 0.666. The molecule has 0 aliphatic carbocycles. The highest BCUT2D eigenvalue weighted by Crippen LogP contribution is 2.41. The topological polar surface area (TPSA) is 65.1 Å². The van der Waals surface area contributed by atoms with Gasteiger partial charge in [0, 0.05) is 23.7 Å². The predicted molar refractivity (Wildman–Crippen MR) is 110 cm³/mol. The van der Waals surface area contributed by atoms with Crippen LogP contribution in [0.5, 0.6) is 11.5 Å². The van der Waals surface area contributed by atoms with Crippen molar-refractivity contribution in [3.05, 3.63) is 54.1 Å². The number of carbonyl (C=O) groups excluding carboxylic acids is 2. The first kappa shape index (κ1) is 20.7. The molecular formula is C23H27NO5. The lowest BCUT2D eigenvalue weighted by Crippen LogP contribution is -2.40. The third-order valence-corrected chi connectivity index (χ3v) is 4.58. The molecule has 1 aliphatic rings. The van der Waals surface area contributed by atoms with Crippen molar-refractivity contribution in [1.29, 1.82) is 0 Å². The van der Waals surface area contributed by atoms with Gasteiger partial charge < -0.3 is 19.1 Å². The van der Waals surface area contributed by atoms with Crippen LogP contribution in [0.15, 0.2) is 48.5 Å². The first-order valence-corrected chi connectivity index (χ1v) is 9.73. The number of hydrogen-bond donors (Lipinski definition) is 0. The zero-order valence-corrected chi connectivity index (χ0v) is 17.3. The third kappa shape index (κ3) is 5.08. The van der Waals surface area contributed by atoms with Gasteiger partial charge in [-0.15, -0.1) is 0 Å². The molecule has 0 saturated carbocycles. The van der Waals surface area contributed by atoms with E-state index in [1.165, 1.54) is 0 Å². The van der Waals surface area contributed by atoms with Crippen molar-refractivity contribution in [3.8, 4) is 11.5 Å². The zero-order chi connectivity index (χ0) is 21.0. The summed E-state index contributed by atoms with van der Waals surface area (Å²) in [7, 11) is 0. The van der Waals surface area contributed by atoms with E-state index in [1.807, 2.05) is 70.2 Å². The number of esters is 1. The van der Waals surface area contributed by atoms with Crippen LogP contribution in [0, 0.1) is 0 Å². The molecule has 1 amide bonds. The SMILES string of the molecule is CC(C)N(C(=O)COC(=O)COc1cccc2c1OC(C)(C)C2)c1ccccc1. The molecule has 29 heavy (non-hydrogen) atoms. The lowest BCUT2D eigenvalue weighted by molar-refractivity contribution is -0.149. The molecule has 2 aromatic rings. The summed E-state index contributed by atoms with van der Waals surface area (Å²) in [4.78, 5) is 26.3. The molecule has 2 aromatic carbocycles. The van der Waals surface area contributed by atoms with Gasteiger partial charge in [0.1, 0.15) is 5.60 Å². The number of amides is 1. The number of benzene rings is 2. The molecule has 1 aliphatic heterocycles. The summed E-state index contributed by atoms with van der Waals surface area (Å²) in [6.07, 6.45) is 0.781. The largest absolute Gasteiger partial charge is 0.483 e. The van der Waals surface area contributed by atoms with Gasteiger partial charge in [0.2, 0.25) is 0 Å². The third-order valence-electron chi connectivity index (χ3n) is 4.58. The van der Waals surface area contributed by atoms with Crippen LogP contribution in [0.1, 0.15) is 33.3 Å². The maximum atomic E-state index is 12.6. The highest BCUT2D eigenvalue weighted by molar-refractivity contribution is 5.95. The Morgan fingerprint density at radius 1 is 1.07 bits per heavy atom. The van der Waals surface area contributed by atoms with E-state index in [2.05, 4.69) is 0 Å². The van der Waals surface area contributed by atoms with Crippen LogP contribution in [0.3, 0.4) is 0 Å². The minimum atomic E-state index is -0.607. The molecule has 3 rings (SSSR count). The molecule has 154 valence electrons. The monoisotopic (exact) mass is 397 g/mol. The van der Waals surface area contributed by atoms with E-state index >= 15 is 0 Å². The minimum absolute atomic E-state index is 0.0627. The fraction of sp³-hybridized carbons (Fsp3) is 0.391. The Hall–Kier alpha value is -3.02. The molecule has 1 heterocycles. The van der Waals surface area contributed by atoms with Crippen molar-refractivity contribution in [2.75, 3.05) is 18.1 Å². The number of para-hydroxylation sites is 2. The Bertz CT molecular complexity index is 876. The van der Waals surface area contributed by atoms with Crippen molar-refractivity contribution in [2.24, 2.45) is 0 Å². The smallest absolute Gasteiger partial charge is 0.344 e. The summed E-state index contributed by atoms with van der Waals surface area (Å²) in [5.74, 6) is 0.274. The highest BCUT2D eigenvalue weighted by atomic mass is 16.6. The molecule has 0 atom stereocenters. The first-order chi connectivity index (χ1) is 13.8. The average Bonchev–Trinajstić information content (AvgIpc) is 2.99. The second-order valence-corrected chi connectivity index (χ2v) is 7.93. The lowest BCUT2D eigenvalue weighted by atomic mass is 10.0. The van der Waals surface area contributed by atoms with Crippen LogP contribution in [0.25, 0.3) is 0 Å². The summed E-state index contributed by atoms with van der Waals surface area (Å²) in [6, 6.07) is 14.8. The number of carbonyl (C=O) groups is 2. The van der Waals surface area contributed by atoms with E-state index in [0.29, 0.717) is 11.5 Å². The van der Waals surface area contributed by atoms with Crippen LogP contribution in [-0.4, -0.2) is 36.7 Å². The summed E-state index contributed by atoms with van der Waals surface area (Å²) < 4.78 is 16.7. The average molecular weight is 397 g/mol. The first-order valence-electron chi connectivity index (χ1n) is 9.73. The van der Waals surface area contributed by atoms with Crippen molar-refractivity contribution in [2.45, 2.75) is 45.8 Å². The number of hydrogen-bond acceptors (Lipinski definition) is 5. The van der Waals surface area contributed by atoms with E-state index < -0.39 is 5.97 Å². The summed E-state index contributed by atoms with van der Waals surface area (Å²) in [6.45, 7) is 7.20. The molecular weight excluding hydrogens is 370 g/mol. The molecule has 0 bridgehead atoms. The Labute approximate surface area is 171 Å². The van der Waals surface area contributed by atoms with Gasteiger partial charge in [0.25, 0.3) is 5.91 Å². The van der Waals surface area contributed by atoms with Gasteiger partial charge in [-0.25, -0.2) is 4.79 Å². The van der Waals surface area contributed by atoms with E-state index in [1.54, 1.807) is 11.0 Å². The van der Waals surface area contributed by atoms with Gasteiger partial charge in [0.05, 0.1) is 0 Å². The van der Waals surface area contributed by atoms with E-state index in [0.717, 1.165) is 17.7 Å². The zero-order valence-electron chi connectivity index (χ0n) is 17.3. The molecule has 0 unspecified atom stereocenters. The standard InChI is InChI=1S/C23H27NO5/c1-16(2)24(18-10-6-5-7-11-18)20(25)14-28-21(26)15-27-19-12-8-9-17-13-23(3,4)29-22(17)19/h5-12,16H,13-15H2,1-4H3. The van der Waals surface area contributed by atoms with Gasteiger partial charge in [-0.1, -0.05) is 30.3 Å². The van der Waals surface area contributed by atoms with Crippen LogP contribution < -0.4 is 14.4 Å². The summed E-state index contributed by atoms with van der Waals surface area (Å²) in [5.41, 5.74) is 1.51. The van der Waals surface area contributed by atoms with E-state index in [-0.39, 0.29) is 30.8 Å². The fourth-order valence-corrected chi connectivity index (χ4v) is 3.41. The molecule has 0 aromatic heterocycles. The second kappa shape index (κ2) is 8.55. The number of fused-ring (bicyclic) bond motifs is 1. The highest BCUT2D eigenvalue weighted by Gasteiger charge is 2.32. The van der Waals surface area contributed by atoms with Crippen LogP contribution in [-0.2, 0) is 20.7 Å². The van der Waals surface area contributed by atoms with Crippen molar-refractivity contribution in [3.63, 3.8) is 0 Å². The number of nitrogens with zero attached hydrogens (tertiary/aromatic N) is 1. The van der Waals surface area contributed by atoms with Gasteiger partial charge >= 0.3 is 5.97 Å². The van der Waals surface area contributed by atoms with E-state index in [4.69, 9.17) is 14.2 Å². The molecule has 0 radical (unpaired) electrons. The van der Waals surface area contributed by atoms with Gasteiger partial charge in [-0.05, 0) is 45.9 Å². The molecule has 6 heteroatoms. The van der Waals surface area contributed by atoms with Gasteiger partial charge in [-0.2, -0.15) is 0 Å². The second-order valence-electron chi connectivity index (χ2n) is 7.93. The molecule has 6 nitrogen and oxygen atoms in total. The van der Waals surface area contributed by atoms with E-state index in [9.17, 15) is 9.59 Å². The number of ether oxygens (including phenoxy) is 3. The predicted octanol–water partition coefficient (Wildman–Crippen LogP) is 3.76. The normalized spacial score (nSPS) is 14.1. The summed E-state index contributed by atoms with van der Waals surface area (Å²) in [5, 5.41) is 0. The molecule has 0 N–H and O–H groups in total. The maximum absolute atomic E-state index is 12.6. The van der Waals surface area contributed by atoms with Gasteiger partial charge in [0.15, 0.2) is 24.7 Å². The molecule has 0 saturated heterocycles. The molecule has 0 fully saturated rings. The number of anilines is 1. The van der Waals surface area contributed by atoms with Gasteiger partial charge in [-0.3, -0.25) is 4.79 Å². The van der Waals surface area contributed by atoms with Crippen LogP contribution in [0.2, 0.25) is 0 Å². The van der Waals surface area contributed by atoms with Crippen molar-refractivity contribution < 1.29 is 23.8 Å². The fourth-order valence-electron chi connectivity index (χ4n) is 3.41. The minimum Gasteiger partial charge on any atom is -0.483 e. The van der Waals surface area contributed by atoms with Crippen LogP contribution >= 0.6 is 0 Å². The number of rotatable bonds is 7.